The summed E-state index contributed by atoms with van der Waals surface area (Å²) in [5, 5.41) is 48.4. The molecule has 4 N–H and O–H groups in total. The van der Waals surface area contributed by atoms with Crippen molar-refractivity contribution in [3.05, 3.63) is 12.7 Å². The summed E-state index contributed by atoms with van der Waals surface area (Å²) < 4.78 is 7.55. The van der Waals surface area contributed by atoms with Gasteiger partial charge in [0.25, 0.3) is 0 Å². The van der Waals surface area contributed by atoms with Crippen molar-refractivity contribution in [2.45, 2.75) is 339 Å². The molecular formula is C61H108N4O8. The van der Waals surface area contributed by atoms with Crippen molar-refractivity contribution in [1.82, 2.24) is 19.5 Å². The Hall–Kier alpha value is -2.80. The molecule has 420 valence electrons. The molecule has 0 amide bonds. The molecule has 1 fully saturated rings. The molecule has 3 heterocycles. The number of carbonyl (C=O) groups excluding carboxylic acids is 3. The van der Waals surface area contributed by atoms with Crippen molar-refractivity contribution in [2.24, 2.45) is 0 Å². The molecule has 0 spiro atoms. The van der Waals surface area contributed by atoms with Crippen LogP contribution in [0.25, 0.3) is 11.2 Å². The summed E-state index contributed by atoms with van der Waals surface area (Å²) in [4.78, 5) is 55.7. The lowest BCUT2D eigenvalue weighted by atomic mass is 9.70. The Bertz CT molecular complexity index is 1740. The van der Waals surface area contributed by atoms with Crippen LogP contribution in [0.2, 0.25) is 0 Å². The maximum absolute atomic E-state index is 14.7. The SMILES string of the molecule is CCCCCCCCCCCCCCCCC(=O)C(O)[C@H]1O[C@@H](n2cnc3c(O)ncnc32)[C@@](O)(C(=O)CCCCCCCCCCCCCCCC)[C@@]1(O)C(=O)CCCCCCCCCCCCCCCC. The lowest BCUT2D eigenvalue weighted by Gasteiger charge is -2.39. The number of ketones is 3. The van der Waals surface area contributed by atoms with E-state index in [1.807, 2.05) is 0 Å². The smallest absolute Gasteiger partial charge is 0.242 e. The Morgan fingerprint density at radius 3 is 1.15 bits per heavy atom. The van der Waals surface area contributed by atoms with Gasteiger partial charge in [-0.05, 0) is 19.3 Å². The maximum Gasteiger partial charge on any atom is 0.242 e. The molecule has 0 aromatic carbocycles. The minimum Gasteiger partial charge on any atom is -0.492 e. The van der Waals surface area contributed by atoms with E-state index >= 15 is 0 Å². The molecule has 2 aromatic rings. The Labute approximate surface area is 443 Å². The van der Waals surface area contributed by atoms with Crippen LogP contribution in [0.3, 0.4) is 0 Å². The zero-order valence-corrected chi connectivity index (χ0v) is 46.9. The van der Waals surface area contributed by atoms with E-state index in [0.29, 0.717) is 25.7 Å². The van der Waals surface area contributed by atoms with E-state index in [1.54, 1.807) is 0 Å². The van der Waals surface area contributed by atoms with Crippen LogP contribution in [-0.2, 0) is 19.1 Å². The van der Waals surface area contributed by atoms with E-state index in [2.05, 4.69) is 35.7 Å². The van der Waals surface area contributed by atoms with Gasteiger partial charge in [-0.15, -0.1) is 0 Å². The number of ether oxygens (including phenoxy) is 1. The van der Waals surface area contributed by atoms with Crippen molar-refractivity contribution >= 4 is 28.5 Å². The summed E-state index contributed by atoms with van der Waals surface area (Å²) >= 11 is 0. The number of fused-ring (bicyclic) bond motifs is 1. The molecule has 0 radical (unpaired) electrons. The highest BCUT2D eigenvalue weighted by atomic mass is 16.6. The molecule has 2 aromatic heterocycles. The third kappa shape index (κ3) is 22.8. The van der Waals surface area contributed by atoms with E-state index in [0.717, 1.165) is 77.0 Å². The number of imidazole rings is 1. The van der Waals surface area contributed by atoms with E-state index in [9.17, 15) is 34.8 Å². The van der Waals surface area contributed by atoms with Gasteiger partial charge < -0.3 is 25.2 Å². The molecule has 0 saturated carbocycles. The summed E-state index contributed by atoms with van der Waals surface area (Å²) in [6.07, 6.45) is 43.7. The second-order valence-electron chi connectivity index (χ2n) is 22.3. The number of aliphatic hydroxyl groups excluding tert-OH is 1. The highest BCUT2D eigenvalue weighted by Crippen LogP contribution is 2.50. The molecule has 0 aliphatic carbocycles. The first kappa shape index (κ1) is 64.5. The number of hydrogen-bond donors (Lipinski definition) is 4. The van der Waals surface area contributed by atoms with Gasteiger partial charge in [0.2, 0.25) is 11.5 Å². The Morgan fingerprint density at radius 1 is 0.479 bits per heavy atom. The van der Waals surface area contributed by atoms with Gasteiger partial charge in [0.15, 0.2) is 40.3 Å². The summed E-state index contributed by atoms with van der Waals surface area (Å²) in [5.74, 6) is -2.73. The van der Waals surface area contributed by atoms with Gasteiger partial charge in [-0.1, -0.05) is 271 Å². The molecule has 12 nitrogen and oxygen atoms in total. The molecule has 1 saturated heterocycles. The topological polar surface area (TPSA) is 185 Å². The van der Waals surface area contributed by atoms with Crippen molar-refractivity contribution in [3.63, 3.8) is 0 Å². The zero-order valence-electron chi connectivity index (χ0n) is 46.9. The van der Waals surface area contributed by atoms with Crippen LogP contribution in [0.1, 0.15) is 316 Å². The first-order chi connectivity index (χ1) is 35.6. The Kier molecular flexibility index (Phi) is 34.9. The van der Waals surface area contributed by atoms with Crippen LogP contribution in [0.15, 0.2) is 12.7 Å². The number of aliphatic hydroxyl groups is 3. The van der Waals surface area contributed by atoms with Gasteiger partial charge in [-0.2, -0.15) is 4.98 Å². The molecule has 0 bridgehead atoms. The van der Waals surface area contributed by atoms with Crippen molar-refractivity contribution in [2.75, 3.05) is 0 Å². The summed E-state index contributed by atoms with van der Waals surface area (Å²) in [7, 11) is 0. The monoisotopic (exact) mass is 1020 g/mol. The van der Waals surface area contributed by atoms with Crippen molar-refractivity contribution < 1.29 is 39.5 Å². The predicted molar refractivity (Wildman–Crippen MR) is 297 cm³/mol. The maximum atomic E-state index is 14.7. The minimum atomic E-state index is -2.97. The van der Waals surface area contributed by atoms with E-state index in [4.69, 9.17) is 4.74 Å². The fraction of sp³-hybridized carbons (Fsp3) is 0.869. The molecule has 1 aliphatic rings. The van der Waals surface area contributed by atoms with Crippen LogP contribution in [-0.4, -0.2) is 80.7 Å². The third-order valence-corrected chi connectivity index (χ3v) is 16.0. The van der Waals surface area contributed by atoms with Crippen LogP contribution in [0.5, 0.6) is 5.88 Å². The first-order valence-electron chi connectivity index (χ1n) is 30.8. The number of rotatable bonds is 50. The van der Waals surface area contributed by atoms with Gasteiger partial charge in [0, 0.05) is 19.3 Å². The fourth-order valence-corrected chi connectivity index (χ4v) is 11.2. The largest absolute Gasteiger partial charge is 0.492 e. The first-order valence-corrected chi connectivity index (χ1v) is 30.8. The highest BCUT2D eigenvalue weighted by Gasteiger charge is 2.74. The quantitative estimate of drug-likeness (QED) is 0.0462. The second kappa shape index (κ2) is 39.6. The van der Waals surface area contributed by atoms with E-state index in [1.165, 1.54) is 184 Å². The zero-order chi connectivity index (χ0) is 52.8. The number of aromatic hydroxyl groups is 1. The highest BCUT2D eigenvalue weighted by molar-refractivity contribution is 6.02. The van der Waals surface area contributed by atoms with Crippen LogP contribution >= 0.6 is 0 Å². The number of carbonyl (C=O) groups is 3. The summed E-state index contributed by atoms with van der Waals surface area (Å²) in [6.45, 7) is 6.73. The van der Waals surface area contributed by atoms with Crippen LogP contribution in [0.4, 0.5) is 0 Å². The lowest BCUT2D eigenvalue weighted by Crippen LogP contribution is -2.68. The van der Waals surface area contributed by atoms with Gasteiger partial charge in [-0.3, -0.25) is 19.0 Å². The van der Waals surface area contributed by atoms with E-state index in [-0.39, 0.29) is 30.4 Å². The molecule has 12 heteroatoms. The van der Waals surface area contributed by atoms with Gasteiger partial charge in [0.05, 0.1) is 6.33 Å². The van der Waals surface area contributed by atoms with Crippen LogP contribution in [0, 0.1) is 0 Å². The molecule has 1 aliphatic heterocycles. The average Bonchev–Trinajstić information content (AvgIpc) is 3.93. The Balaban J connectivity index is 1.68. The summed E-state index contributed by atoms with van der Waals surface area (Å²) in [6, 6.07) is 0. The van der Waals surface area contributed by atoms with Gasteiger partial charge in [-0.25, -0.2) is 9.97 Å². The van der Waals surface area contributed by atoms with Gasteiger partial charge >= 0.3 is 0 Å². The normalized spacial score (nSPS) is 19.3. The number of unbranched alkanes of at least 4 members (excludes halogenated alkanes) is 39. The molecule has 5 atom stereocenters. The predicted octanol–water partition coefficient (Wildman–Crippen LogP) is 15.6. The summed E-state index contributed by atoms with van der Waals surface area (Å²) in [5.41, 5.74) is -5.95. The molecule has 3 rings (SSSR count). The Morgan fingerprint density at radius 2 is 0.795 bits per heavy atom. The number of Topliss-reactive ketones (excluding diaryl/α,β-unsaturated/α-hetero) is 3. The number of nitrogens with zero attached hydrogens (tertiary/aromatic N) is 4. The molecular weight excluding hydrogens is 917 g/mol. The lowest BCUT2D eigenvalue weighted by molar-refractivity contribution is -0.186. The van der Waals surface area contributed by atoms with Crippen molar-refractivity contribution in [1.29, 1.82) is 0 Å². The molecule has 73 heavy (non-hydrogen) atoms. The van der Waals surface area contributed by atoms with Gasteiger partial charge in [0.1, 0.15) is 18.5 Å². The third-order valence-electron chi connectivity index (χ3n) is 16.0. The average molecular weight is 1030 g/mol. The second-order valence-corrected chi connectivity index (χ2v) is 22.3. The standard InChI is InChI=1S/C61H108N4O8/c1-4-7-10-13-16-19-22-25-28-31-34-37-40-43-46-51(66)55(69)56-60(71,52(67)47-44-41-38-35-32-29-26-23-20-17-14-11-8-5-2)61(72,59(73-56)65-50-64-54-57(65)62-49-63-58(54)70)53(68)48-45-42-39-36-33-30-27-24-21-18-15-12-9-6-3/h49-50,55-56,59,69,71-72H,4-48H2,1-3H3,(H,62,63,70)/t55?,56-,59-,60-,61+/m1/s1. The number of hydrogen-bond acceptors (Lipinski definition) is 11. The minimum absolute atomic E-state index is 0.00647. The number of aromatic nitrogens is 4. The van der Waals surface area contributed by atoms with Crippen LogP contribution < -0.4 is 0 Å². The van der Waals surface area contributed by atoms with Crippen molar-refractivity contribution in [3.8, 4) is 5.88 Å². The fourth-order valence-electron chi connectivity index (χ4n) is 11.2. The van der Waals surface area contributed by atoms with E-state index < -0.39 is 52.9 Å². The molecule has 1 unspecified atom stereocenters.